The van der Waals surface area contributed by atoms with Gasteiger partial charge in [-0.1, -0.05) is 24.3 Å². The molecule has 0 aliphatic carbocycles. The van der Waals surface area contributed by atoms with E-state index in [2.05, 4.69) is 10.6 Å². The predicted octanol–water partition coefficient (Wildman–Crippen LogP) is 3.78. The predicted molar refractivity (Wildman–Crippen MR) is 70.2 cm³/mol. The average molecular weight is 244 g/mol. The molecule has 2 aromatic carbocycles. The van der Waals surface area contributed by atoms with E-state index in [4.69, 9.17) is 0 Å². The van der Waals surface area contributed by atoms with E-state index in [9.17, 15) is 9.18 Å². The Hall–Kier alpha value is -2.36. The van der Waals surface area contributed by atoms with Gasteiger partial charge in [0, 0.05) is 5.69 Å². The van der Waals surface area contributed by atoms with Crippen molar-refractivity contribution in [3.05, 3.63) is 59.9 Å². The lowest BCUT2D eigenvalue weighted by Gasteiger charge is -2.08. The zero-order valence-electron chi connectivity index (χ0n) is 9.91. The third kappa shape index (κ3) is 3.07. The lowest BCUT2D eigenvalue weighted by molar-refractivity contribution is 0.262. The van der Waals surface area contributed by atoms with Gasteiger partial charge in [-0.2, -0.15) is 0 Å². The van der Waals surface area contributed by atoms with Crippen LogP contribution in [-0.2, 0) is 0 Å². The highest BCUT2D eigenvalue weighted by atomic mass is 19.1. The first-order chi connectivity index (χ1) is 8.65. The highest BCUT2D eigenvalue weighted by Crippen LogP contribution is 2.15. The molecule has 2 N–H and O–H groups in total. The third-order valence-corrected chi connectivity index (χ3v) is 2.40. The SMILES string of the molecule is Cc1ccc(NC(=O)Nc2ccccc2)c(F)c1. The van der Waals surface area contributed by atoms with Crippen LogP contribution in [0.25, 0.3) is 0 Å². The Kier molecular flexibility index (Phi) is 3.57. The third-order valence-electron chi connectivity index (χ3n) is 2.40. The van der Waals surface area contributed by atoms with Gasteiger partial charge in [-0.15, -0.1) is 0 Å². The number of para-hydroxylation sites is 1. The summed E-state index contributed by atoms with van der Waals surface area (Å²) in [6.45, 7) is 1.79. The summed E-state index contributed by atoms with van der Waals surface area (Å²) in [5.41, 5.74) is 1.62. The lowest BCUT2D eigenvalue weighted by atomic mass is 10.2. The van der Waals surface area contributed by atoms with E-state index in [-0.39, 0.29) is 5.69 Å². The van der Waals surface area contributed by atoms with Crippen LogP contribution >= 0.6 is 0 Å². The van der Waals surface area contributed by atoms with E-state index in [0.717, 1.165) is 5.56 Å². The number of benzene rings is 2. The number of nitrogens with one attached hydrogen (secondary N) is 2. The Bertz CT molecular complexity index is 555. The summed E-state index contributed by atoms with van der Waals surface area (Å²) in [5, 5.41) is 5.08. The van der Waals surface area contributed by atoms with Gasteiger partial charge in [0.1, 0.15) is 5.82 Å². The molecular weight excluding hydrogens is 231 g/mol. The molecule has 0 saturated carbocycles. The van der Waals surface area contributed by atoms with Crippen LogP contribution in [-0.4, -0.2) is 6.03 Å². The Morgan fingerprint density at radius 1 is 1.06 bits per heavy atom. The monoisotopic (exact) mass is 244 g/mol. The molecular formula is C14H13FN2O. The van der Waals surface area contributed by atoms with Crippen molar-refractivity contribution in [1.29, 1.82) is 0 Å². The second-order valence-corrected chi connectivity index (χ2v) is 3.93. The van der Waals surface area contributed by atoms with Gasteiger partial charge in [0.25, 0.3) is 0 Å². The van der Waals surface area contributed by atoms with Gasteiger partial charge in [0.2, 0.25) is 0 Å². The summed E-state index contributed by atoms with van der Waals surface area (Å²) in [6, 6.07) is 13.2. The minimum absolute atomic E-state index is 0.161. The molecule has 3 nitrogen and oxygen atoms in total. The Morgan fingerprint density at radius 2 is 1.78 bits per heavy atom. The quantitative estimate of drug-likeness (QED) is 0.829. The Labute approximate surface area is 105 Å². The van der Waals surface area contributed by atoms with Crippen LogP contribution in [0.2, 0.25) is 0 Å². The van der Waals surface area contributed by atoms with Crippen LogP contribution in [0.1, 0.15) is 5.56 Å². The van der Waals surface area contributed by atoms with E-state index in [1.165, 1.54) is 12.1 Å². The normalized spacial score (nSPS) is 9.89. The smallest absolute Gasteiger partial charge is 0.308 e. The summed E-state index contributed by atoms with van der Waals surface area (Å²) >= 11 is 0. The van der Waals surface area contributed by atoms with Crippen LogP contribution in [0, 0.1) is 12.7 Å². The minimum atomic E-state index is -0.469. The fraction of sp³-hybridized carbons (Fsp3) is 0.0714. The number of carbonyl (C=O) groups excluding carboxylic acids is 1. The molecule has 0 aromatic heterocycles. The highest BCUT2D eigenvalue weighted by molar-refractivity contribution is 5.99. The van der Waals surface area contributed by atoms with Gasteiger partial charge in [0.15, 0.2) is 0 Å². The van der Waals surface area contributed by atoms with Crippen LogP contribution in [0.5, 0.6) is 0 Å². The number of hydrogen-bond donors (Lipinski definition) is 2. The number of carbonyl (C=O) groups is 1. The van der Waals surface area contributed by atoms with Crippen LogP contribution in [0.4, 0.5) is 20.6 Å². The van der Waals surface area contributed by atoms with E-state index >= 15 is 0 Å². The van der Waals surface area contributed by atoms with Gasteiger partial charge in [-0.25, -0.2) is 9.18 Å². The van der Waals surface area contributed by atoms with Gasteiger partial charge in [-0.3, -0.25) is 0 Å². The number of urea groups is 1. The summed E-state index contributed by atoms with van der Waals surface area (Å²) in [5.74, 6) is -0.446. The van der Waals surface area contributed by atoms with Crippen molar-refractivity contribution in [2.45, 2.75) is 6.92 Å². The molecule has 0 fully saturated rings. The first kappa shape index (κ1) is 12.1. The summed E-state index contributed by atoms with van der Waals surface area (Å²) in [7, 11) is 0. The number of hydrogen-bond acceptors (Lipinski definition) is 1. The van der Waals surface area contributed by atoms with E-state index < -0.39 is 11.8 Å². The zero-order chi connectivity index (χ0) is 13.0. The molecule has 0 heterocycles. The maximum atomic E-state index is 13.5. The number of rotatable bonds is 2. The number of anilines is 2. The van der Waals surface area contributed by atoms with Gasteiger partial charge in [-0.05, 0) is 36.8 Å². The molecule has 4 heteroatoms. The fourth-order valence-electron chi connectivity index (χ4n) is 1.53. The molecule has 0 saturated heterocycles. The standard InChI is InChI=1S/C14H13FN2O/c1-10-7-8-13(12(15)9-10)17-14(18)16-11-5-3-2-4-6-11/h2-9H,1H3,(H2,16,17,18). The second-order valence-electron chi connectivity index (χ2n) is 3.93. The van der Waals surface area contributed by atoms with Crippen molar-refractivity contribution in [2.75, 3.05) is 10.6 Å². The van der Waals surface area contributed by atoms with Crippen molar-refractivity contribution >= 4 is 17.4 Å². The molecule has 18 heavy (non-hydrogen) atoms. The van der Waals surface area contributed by atoms with Crippen LogP contribution in [0.15, 0.2) is 48.5 Å². The average Bonchev–Trinajstić information content (AvgIpc) is 2.34. The molecule has 0 spiro atoms. The van der Waals surface area contributed by atoms with Crippen LogP contribution in [0.3, 0.4) is 0 Å². The number of halogens is 1. The van der Waals surface area contributed by atoms with Gasteiger partial charge in [0.05, 0.1) is 5.69 Å². The highest BCUT2D eigenvalue weighted by Gasteiger charge is 2.06. The minimum Gasteiger partial charge on any atom is -0.308 e. The van der Waals surface area contributed by atoms with E-state index in [1.54, 1.807) is 25.1 Å². The second kappa shape index (κ2) is 5.31. The van der Waals surface area contributed by atoms with E-state index in [1.807, 2.05) is 18.2 Å². The molecule has 0 aliphatic rings. The van der Waals surface area contributed by atoms with E-state index in [0.29, 0.717) is 5.69 Å². The molecule has 92 valence electrons. The molecule has 0 unspecified atom stereocenters. The van der Waals surface area contributed by atoms with Crippen LogP contribution < -0.4 is 10.6 Å². The first-order valence-corrected chi connectivity index (χ1v) is 5.54. The van der Waals surface area contributed by atoms with Crippen molar-refractivity contribution < 1.29 is 9.18 Å². The Balaban J connectivity index is 2.03. The molecule has 0 bridgehead atoms. The summed E-state index contributed by atoms with van der Waals surface area (Å²) < 4.78 is 13.5. The largest absolute Gasteiger partial charge is 0.323 e. The molecule has 2 amide bonds. The summed E-state index contributed by atoms with van der Waals surface area (Å²) in [4.78, 5) is 11.6. The van der Waals surface area contributed by atoms with Crippen molar-refractivity contribution in [3.63, 3.8) is 0 Å². The van der Waals surface area contributed by atoms with Gasteiger partial charge < -0.3 is 10.6 Å². The first-order valence-electron chi connectivity index (χ1n) is 5.54. The summed E-state index contributed by atoms with van der Waals surface area (Å²) in [6.07, 6.45) is 0. The number of amides is 2. The molecule has 0 atom stereocenters. The fourth-order valence-corrected chi connectivity index (χ4v) is 1.53. The molecule has 2 aromatic rings. The van der Waals surface area contributed by atoms with Crippen molar-refractivity contribution in [3.8, 4) is 0 Å². The van der Waals surface area contributed by atoms with Crippen molar-refractivity contribution in [2.24, 2.45) is 0 Å². The molecule has 0 radical (unpaired) electrons. The maximum absolute atomic E-state index is 13.5. The Morgan fingerprint density at radius 3 is 2.44 bits per heavy atom. The van der Waals surface area contributed by atoms with Crippen molar-refractivity contribution in [1.82, 2.24) is 0 Å². The zero-order valence-corrected chi connectivity index (χ0v) is 9.91. The molecule has 2 rings (SSSR count). The topological polar surface area (TPSA) is 41.1 Å². The molecule has 0 aliphatic heterocycles. The lowest BCUT2D eigenvalue weighted by Crippen LogP contribution is -2.20. The maximum Gasteiger partial charge on any atom is 0.323 e. The van der Waals surface area contributed by atoms with Gasteiger partial charge >= 0.3 is 6.03 Å². The number of aryl methyl sites for hydroxylation is 1.